The first-order valence-electron chi connectivity index (χ1n) is 4.70. The molecule has 0 aromatic carbocycles. The van der Waals surface area contributed by atoms with Crippen molar-refractivity contribution in [2.75, 3.05) is 11.1 Å². The first-order chi connectivity index (χ1) is 7.68. The molecular formula is C10H11N5O. The van der Waals surface area contributed by atoms with Crippen LogP contribution in [0.25, 0.3) is 0 Å². The predicted octanol–water partition coefficient (Wildman–Crippen LogP) is 0.948. The van der Waals surface area contributed by atoms with E-state index in [-0.39, 0.29) is 5.91 Å². The molecule has 0 aliphatic rings. The van der Waals surface area contributed by atoms with Gasteiger partial charge in [0.2, 0.25) is 0 Å². The molecule has 2 aromatic rings. The average molecular weight is 217 g/mol. The number of amides is 1. The minimum absolute atomic E-state index is 0.263. The van der Waals surface area contributed by atoms with Crippen molar-refractivity contribution in [2.45, 2.75) is 6.92 Å². The van der Waals surface area contributed by atoms with Crippen LogP contribution in [-0.4, -0.2) is 21.1 Å². The number of aryl methyl sites for hydroxylation is 1. The highest BCUT2D eigenvalue weighted by Crippen LogP contribution is 2.18. The van der Waals surface area contributed by atoms with E-state index in [1.165, 1.54) is 0 Å². The summed E-state index contributed by atoms with van der Waals surface area (Å²) in [5, 5.41) is 9.19. The van der Waals surface area contributed by atoms with Gasteiger partial charge in [-0.1, -0.05) is 0 Å². The molecule has 0 saturated heterocycles. The molecule has 0 radical (unpaired) electrons. The normalized spacial score (nSPS) is 10.1. The van der Waals surface area contributed by atoms with Crippen LogP contribution in [-0.2, 0) is 0 Å². The molecule has 0 unspecified atom stereocenters. The van der Waals surface area contributed by atoms with Crippen molar-refractivity contribution in [1.29, 1.82) is 0 Å². The summed E-state index contributed by atoms with van der Waals surface area (Å²) in [5.41, 5.74) is 7.39. The minimum Gasteiger partial charge on any atom is -0.394 e. The fraction of sp³-hybridized carbons (Fsp3) is 0.100. The van der Waals surface area contributed by atoms with Crippen molar-refractivity contribution in [3.05, 3.63) is 35.8 Å². The van der Waals surface area contributed by atoms with Gasteiger partial charge in [-0.05, 0) is 19.1 Å². The molecule has 0 saturated carbocycles. The van der Waals surface area contributed by atoms with Gasteiger partial charge in [-0.15, -0.1) is 0 Å². The maximum atomic E-state index is 11.7. The number of aromatic amines is 1. The van der Waals surface area contributed by atoms with Gasteiger partial charge in [0.25, 0.3) is 5.91 Å². The van der Waals surface area contributed by atoms with Crippen molar-refractivity contribution < 1.29 is 4.79 Å². The van der Waals surface area contributed by atoms with Gasteiger partial charge in [-0.2, -0.15) is 5.10 Å². The number of nitrogen functional groups attached to an aromatic ring is 1. The summed E-state index contributed by atoms with van der Waals surface area (Å²) in [6.45, 7) is 1.78. The smallest absolute Gasteiger partial charge is 0.257 e. The molecule has 6 nitrogen and oxygen atoms in total. The van der Waals surface area contributed by atoms with E-state index in [2.05, 4.69) is 20.5 Å². The van der Waals surface area contributed by atoms with Crippen molar-refractivity contribution in [1.82, 2.24) is 15.2 Å². The van der Waals surface area contributed by atoms with E-state index in [0.29, 0.717) is 17.1 Å². The number of H-pyrrole nitrogens is 1. The number of hydrogen-bond donors (Lipinski definition) is 3. The molecular weight excluding hydrogens is 206 g/mol. The monoisotopic (exact) mass is 217 g/mol. The van der Waals surface area contributed by atoms with Crippen LogP contribution < -0.4 is 11.1 Å². The van der Waals surface area contributed by atoms with E-state index in [0.717, 1.165) is 5.69 Å². The Hall–Kier alpha value is -2.37. The first-order valence-corrected chi connectivity index (χ1v) is 4.70. The molecule has 1 amide bonds. The molecule has 0 fully saturated rings. The van der Waals surface area contributed by atoms with Crippen LogP contribution >= 0.6 is 0 Å². The number of carbonyl (C=O) groups is 1. The van der Waals surface area contributed by atoms with Crippen LogP contribution in [0.15, 0.2) is 24.5 Å². The van der Waals surface area contributed by atoms with Gasteiger partial charge in [0.15, 0.2) is 5.82 Å². The molecule has 82 valence electrons. The lowest BCUT2D eigenvalue weighted by Gasteiger charge is -2.02. The molecule has 0 bridgehead atoms. The summed E-state index contributed by atoms with van der Waals surface area (Å²) in [5.74, 6) is 0.0833. The third kappa shape index (κ3) is 1.85. The van der Waals surface area contributed by atoms with Gasteiger partial charge in [0.05, 0.1) is 11.4 Å². The van der Waals surface area contributed by atoms with Gasteiger partial charge in [0.1, 0.15) is 0 Å². The Kier molecular flexibility index (Phi) is 2.55. The number of anilines is 2. The maximum absolute atomic E-state index is 11.7. The Morgan fingerprint density at radius 2 is 2.12 bits per heavy atom. The molecule has 16 heavy (non-hydrogen) atoms. The zero-order chi connectivity index (χ0) is 11.5. The molecule has 6 heteroatoms. The number of carbonyl (C=O) groups excluding carboxylic acids is 1. The Morgan fingerprint density at radius 1 is 1.44 bits per heavy atom. The van der Waals surface area contributed by atoms with E-state index in [1.54, 1.807) is 31.5 Å². The van der Waals surface area contributed by atoms with Gasteiger partial charge in [-0.25, -0.2) is 0 Å². The van der Waals surface area contributed by atoms with Crippen LogP contribution in [0.2, 0.25) is 0 Å². The molecule has 0 spiro atoms. The highest BCUT2D eigenvalue weighted by Gasteiger charge is 2.11. The largest absolute Gasteiger partial charge is 0.394 e. The second-order valence-corrected chi connectivity index (χ2v) is 3.30. The number of nitrogens with zero attached hydrogens (tertiary/aromatic N) is 2. The number of aromatic nitrogens is 3. The third-order valence-corrected chi connectivity index (χ3v) is 2.17. The zero-order valence-corrected chi connectivity index (χ0v) is 8.69. The van der Waals surface area contributed by atoms with E-state index >= 15 is 0 Å². The van der Waals surface area contributed by atoms with Crippen LogP contribution in [0, 0.1) is 6.92 Å². The van der Waals surface area contributed by atoms with E-state index in [4.69, 9.17) is 5.73 Å². The molecule has 2 aromatic heterocycles. The highest BCUT2D eigenvalue weighted by molar-refractivity contribution is 6.05. The lowest BCUT2D eigenvalue weighted by Crippen LogP contribution is -2.13. The number of pyridine rings is 1. The quantitative estimate of drug-likeness (QED) is 0.697. The van der Waals surface area contributed by atoms with E-state index in [9.17, 15) is 4.79 Å². The lowest BCUT2D eigenvalue weighted by molar-refractivity contribution is 0.102. The number of rotatable bonds is 2. The average Bonchev–Trinajstić information content (AvgIpc) is 2.62. The van der Waals surface area contributed by atoms with Crippen LogP contribution in [0.3, 0.4) is 0 Å². The third-order valence-electron chi connectivity index (χ3n) is 2.17. The summed E-state index contributed by atoms with van der Waals surface area (Å²) >= 11 is 0. The van der Waals surface area contributed by atoms with Crippen LogP contribution in [0.5, 0.6) is 0 Å². The van der Waals surface area contributed by atoms with Gasteiger partial charge in [-0.3, -0.25) is 14.9 Å². The second kappa shape index (κ2) is 4.01. The first kappa shape index (κ1) is 10.2. The zero-order valence-electron chi connectivity index (χ0n) is 8.69. The molecule has 0 aliphatic heterocycles. The topological polar surface area (TPSA) is 96.7 Å². The fourth-order valence-corrected chi connectivity index (χ4v) is 1.22. The van der Waals surface area contributed by atoms with Gasteiger partial charge < -0.3 is 11.1 Å². The Balaban J connectivity index is 2.17. The Morgan fingerprint density at radius 3 is 2.69 bits per heavy atom. The Bertz CT molecular complexity index is 505. The van der Waals surface area contributed by atoms with Gasteiger partial charge >= 0.3 is 0 Å². The molecule has 4 N–H and O–H groups in total. The Labute approximate surface area is 91.9 Å². The summed E-state index contributed by atoms with van der Waals surface area (Å²) in [4.78, 5) is 15.6. The predicted molar refractivity (Wildman–Crippen MR) is 59.9 cm³/mol. The molecule has 2 heterocycles. The van der Waals surface area contributed by atoms with Crippen molar-refractivity contribution in [2.24, 2.45) is 0 Å². The van der Waals surface area contributed by atoms with Crippen molar-refractivity contribution >= 4 is 17.4 Å². The van der Waals surface area contributed by atoms with Crippen LogP contribution in [0.1, 0.15) is 16.1 Å². The minimum atomic E-state index is -0.263. The van der Waals surface area contributed by atoms with E-state index < -0.39 is 0 Å². The highest BCUT2D eigenvalue weighted by atomic mass is 16.1. The van der Waals surface area contributed by atoms with Crippen molar-refractivity contribution in [3.63, 3.8) is 0 Å². The SMILES string of the molecule is Cc1[nH]nc(NC(=O)c2ccncc2)c1N. The maximum Gasteiger partial charge on any atom is 0.257 e. The van der Waals surface area contributed by atoms with E-state index in [1.807, 2.05) is 0 Å². The standard InChI is InChI=1S/C10H11N5O/c1-6-8(11)9(15-14-6)13-10(16)7-2-4-12-5-3-7/h2-5H,11H2,1H3,(H2,13,14,15,16). The number of hydrogen-bond acceptors (Lipinski definition) is 4. The molecule has 2 rings (SSSR count). The second-order valence-electron chi connectivity index (χ2n) is 3.30. The summed E-state index contributed by atoms with van der Waals surface area (Å²) in [7, 11) is 0. The van der Waals surface area contributed by atoms with Gasteiger partial charge in [0, 0.05) is 18.0 Å². The molecule has 0 atom stereocenters. The lowest BCUT2D eigenvalue weighted by atomic mass is 10.2. The molecule has 0 aliphatic carbocycles. The van der Waals surface area contributed by atoms with Crippen LogP contribution in [0.4, 0.5) is 11.5 Å². The summed E-state index contributed by atoms with van der Waals surface area (Å²) in [6.07, 6.45) is 3.10. The number of nitrogens with two attached hydrogens (primary N) is 1. The summed E-state index contributed by atoms with van der Waals surface area (Å²) < 4.78 is 0. The summed E-state index contributed by atoms with van der Waals surface area (Å²) in [6, 6.07) is 3.23. The number of nitrogens with one attached hydrogen (secondary N) is 2. The van der Waals surface area contributed by atoms with Crippen molar-refractivity contribution in [3.8, 4) is 0 Å². The fourth-order valence-electron chi connectivity index (χ4n) is 1.22.